The fourth-order valence-electron chi connectivity index (χ4n) is 1.55. The zero-order chi connectivity index (χ0) is 11.5. The fraction of sp³-hybridized carbons (Fsp3) is 0.444. The van der Waals surface area contributed by atoms with E-state index < -0.39 is 11.9 Å². The lowest BCUT2D eigenvalue weighted by Crippen LogP contribution is -2.54. The smallest absolute Gasteiger partial charge is 0.274 e. The monoisotopic (exact) mass is 241 g/mol. The average Bonchev–Trinajstić information content (AvgIpc) is 2.81. The van der Waals surface area contributed by atoms with E-state index in [4.69, 9.17) is 10.5 Å². The van der Waals surface area contributed by atoms with Gasteiger partial charge >= 0.3 is 0 Å². The minimum atomic E-state index is -0.692. The van der Waals surface area contributed by atoms with Crippen LogP contribution in [0.2, 0.25) is 0 Å². The minimum Gasteiger partial charge on any atom is -0.377 e. The number of hydrogen-bond acceptors (Lipinski definition) is 5. The predicted octanol–water partition coefficient (Wildman–Crippen LogP) is -0.531. The first-order chi connectivity index (χ1) is 7.70. The van der Waals surface area contributed by atoms with Crippen molar-refractivity contribution in [3.8, 4) is 0 Å². The molecule has 0 bridgehead atoms. The topological polar surface area (TPSA) is 85.5 Å². The molecule has 1 fully saturated rings. The van der Waals surface area contributed by atoms with Gasteiger partial charge in [-0.3, -0.25) is 9.59 Å². The van der Waals surface area contributed by atoms with Crippen LogP contribution < -0.4 is 5.73 Å². The lowest BCUT2D eigenvalue weighted by Gasteiger charge is -2.32. The largest absolute Gasteiger partial charge is 0.377 e. The van der Waals surface area contributed by atoms with Crippen molar-refractivity contribution < 1.29 is 14.3 Å². The van der Waals surface area contributed by atoms with Gasteiger partial charge in [-0.25, -0.2) is 4.98 Å². The lowest BCUT2D eigenvalue weighted by molar-refractivity contribution is -0.127. The van der Waals surface area contributed by atoms with Crippen LogP contribution in [-0.4, -0.2) is 47.5 Å². The van der Waals surface area contributed by atoms with Crippen LogP contribution in [0.25, 0.3) is 0 Å². The van der Waals surface area contributed by atoms with E-state index in [9.17, 15) is 9.59 Å². The molecule has 1 aliphatic rings. The van der Waals surface area contributed by atoms with Crippen molar-refractivity contribution in [3.63, 3.8) is 0 Å². The first-order valence-electron chi connectivity index (χ1n) is 4.76. The molecule has 0 aromatic carbocycles. The molecule has 0 radical (unpaired) electrons. The molecule has 2 amide bonds. The van der Waals surface area contributed by atoms with E-state index in [2.05, 4.69) is 4.98 Å². The summed E-state index contributed by atoms with van der Waals surface area (Å²) in [5.74, 6) is -0.823. The van der Waals surface area contributed by atoms with E-state index >= 15 is 0 Å². The Labute approximate surface area is 96.0 Å². The molecule has 6 nitrogen and oxygen atoms in total. The molecule has 1 aromatic heterocycles. The van der Waals surface area contributed by atoms with Crippen molar-refractivity contribution in [2.24, 2.45) is 5.73 Å². The van der Waals surface area contributed by atoms with Gasteiger partial charge in [0.1, 0.15) is 11.7 Å². The van der Waals surface area contributed by atoms with Gasteiger partial charge in [0.15, 0.2) is 0 Å². The first-order valence-corrected chi connectivity index (χ1v) is 5.70. The lowest BCUT2D eigenvalue weighted by atomic mass is 10.2. The first kappa shape index (κ1) is 11.0. The molecule has 1 atom stereocenters. The van der Waals surface area contributed by atoms with Gasteiger partial charge in [-0.05, 0) is 0 Å². The maximum Gasteiger partial charge on any atom is 0.274 e. The number of carbonyl (C=O) groups excluding carboxylic acids is 2. The van der Waals surface area contributed by atoms with Crippen LogP contribution in [0.4, 0.5) is 0 Å². The van der Waals surface area contributed by atoms with Crippen molar-refractivity contribution in [3.05, 3.63) is 16.6 Å². The van der Waals surface area contributed by atoms with E-state index in [0.29, 0.717) is 18.8 Å². The third-order valence-electron chi connectivity index (χ3n) is 2.37. The van der Waals surface area contributed by atoms with E-state index in [1.54, 1.807) is 10.9 Å². The molecular formula is C9H11N3O3S. The molecule has 7 heteroatoms. The van der Waals surface area contributed by atoms with E-state index in [1.807, 2.05) is 0 Å². The van der Waals surface area contributed by atoms with Gasteiger partial charge in [0, 0.05) is 11.9 Å². The van der Waals surface area contributed by atoms with Crippen molar-refractivity contribution >= 4 is 23.2 Å². The predicted molar refractivity (Wildman–Crippen MR) is 57.0 cm³/mol. The Morgan fingerprint density at radius 1 is 1.62 bits per heavy atom. The van der Waals surface area contributed by atoms with Crippen LogP contribution in [0.3, 0.4) is 0 Å². The van der Waals surface area contributed by atoms with Gasteiger partial charge in [0.05, 0.1) is 18.7 Å². The van der Waals surface area contributed by atoms with E-state index in [1.165, 1.54) is 16.2 Å². The van der Waals surface area contributed by atoms with Crippen LogP contribution in [0.5, 0.6) is 0 Å². The number of primary amides is 1. The summed E-state index contributed by atoms with van der Waals surface area (Å²) in [4.78, 5) is 28.5. The quantitative estimate of drug-likeness (QED) is 0.754. The Morgan fingerprint density at radius 2 is 2.44 bits per heavy atom. The Kier molecular flexibility index (Phi) is 3.16. The zero-order valence-corrected chi connectivity index (χ0v) is 9.27. The summed E-state index contributed by atoms with van der Waals surface area (Å²) in [6, 6.07) is -0.692. The van der Waals surface area contributed by atoms with Gasteiger partial charge in [0.25, 0.3) is 5.91 Å². The minimum absolute atomic E-state index is 0.158. The summed E-state index contributed by atoms with van der Waals surface area (Å²) in [6.45, 7) is 0.939. The molecule has 0 spiro atoms. The normalized spacial score (nSPS) is 20.8. The summed E-state index contributed by atoms with van der Waals surface area (Å²) in [7, 11) is 0. The fourth-order valence-corrected chi connectivity index (χ4v) is 2.07. The number of hydrogen-bond donors (Lipinski definition) is 1. The van der Waals surface area contributed by atoms with Gasteiger partial charge in [0.2, 0.25) is 5.91 Å². The highest BCUT2D eigenvalue weighted by Gasteiger charge is 2.32. The standard InChI is InChI=1S/C9H11N3O3S/c10-8(13)7-3-15-2-1-12(7)9(14)6-4-16-5-11-6/h4-5,7H,1-3H2,(H2,10,13). The number of amides is 2. The molecule has 16 heavy (non-hydrogen) atoms. The summed E-state index contributed by atoms with van der Waals surface area (Å²) < 4.78 is 5.13. The number of carbonyl (C=O) groups is 2. The third kappa shape index (κ3) is 2.05. The molecule has 1 saturated heterocycles. The highest BCUT2D eigenvalue weighted by molar-refractivity contribution is 7.07. The van der Waals surface area contributed by atoms with Crippen LogP contribution >= 0.6 is 11.3 Å². The second-order valence-corrected chi connectivity index (χ2v) is 4.08. The molecule has 1 aliphatic heterocycles. The molecule has 1 unspecified atom stereocenters. The molecule has 1 aromatic rings. The second kappa shape index (κ2) is 4.58. The van der Waals surface area contributed by atoms with Crippen molar-refractivity contribution in [1.82, 2.24) is 9.88 Å². The average molecular weight is 241 g/mol. The summed E-state index contributed by atoms with van der Waals surface area (Å²) in [5, 5.41) is 1.65. The molecule has 2 heterocycles. The Balaban J connectivity index is 2.17. The molecular weight excluding hydrogens is 230 g/mol. The van der Waals surface area contributed by atoms with Crippen LogP contribution in [0, 0.1) is 0 Å². The SMILES string of the molecule is NC(=O)C1COCCN1C(=O)c1cscn1. The maximum atomic E-state index is 12.0. The Morgan fingerprint density at radius 3 is 3.06 bits per heavy atom. The van der Waals surface area contributed by atoms with Crippen LogP contribution in [0.15, 0.2) is 10.9 Å². The molecule has 2 rings (SSSR count). The van der Waals surface area contributed by atoms with Gasteiger partial charge < -0.3 is 15.4 Å². The summed E-state index contributed by atoms with van der Waals surface area (Å²) in [5.41, 5.74) is 7.14. The number of morpholine rings is 1. The summed E-state index contributed by atoms with van der Waals surface area (Å²) in [6.07, 6.45) is 0. The molecule has 2 N–H and O–H groups in total. The zero-order valence-electron chi connectivity index (χ0n) is 8.46. The number of aromatic nitrogens is 1. The van der Waals surface area contributed by atoms with E-state index in [0.717, 1.165) is 0 Å². The van der Waals surface area contributed by atoms with Crippen molar-refractivity contribution in [2.45, 2.75) is 6.04 Å². The number of rotatable bonds is 2. The number of thiazole rings is 1. The molecule has 0 aliphatic carbocycles. The van der Waals surface area contributed by atoms with E-state index in [-0.39, 0.29) is 12.5 Å². The Hall–Kier alpha value is -1.47. The summed E-state index contributed by atoms with van der Waals surface area (Å²) >= 11 is 1.34. The van der Waals surface area contributed by atoms with Gasteiger partial charge in [-0.15, -0.1) is 11.3 Å². The number of ether oxygens (including phenoxy) is 1. The van der Waals surface area contributed by atoms with Crippen molar-refractivity contribution in [2.75, 3.05) is 19.8 Å². The van der Waals surface area contributed by atoms with Gasteiger partial charge in [-0.1, -0.05) is 0 Å². The second-order valence-electron chi connectivity index (χ2n) is 3.37. The number of nitrogens with two attached hydrogens (primary N) is 1. The maximum absolute atomic E-state index is 12.0. The van der Waals surface area contributed by atoms with Crippen molar-refractivity contribution in [1.29, 1.82) is 0 Å². The highest BCUT2D eigenvalue weighted by atomic mass is 32.1. The van der Waals surface area contributed by atoms with Gasteiger partial charge in [-0.2, -0.15) is 0 Å². The van der Waals surface area contributed by atoms with Crippen LogP contribution in [-0.2, 0) is 9.53 Å². The molecule has 86 valence electrons. The number of nitrogens with zero attached hydrogens (tertiary/aromatic N) is 2. The molecule has 0 saturated carbocycles. The third-order valence-corrected chi connectivity index (χ3v) is 2.96. The highest BCUT2D eigenvalue weighted by Crippen LogP contribution is 2.12. The van der Waals surface area contributed by atoms with Crippen LogP contribution in [0.1, 0.15) is 10.5 Å². The Bertz CT molecular complexity index is 393.